The molecule has 6 nitrogen and oxygen atoms in total. The third-order valence-electron chi connectivity index (χ3n) is 5.71. The normalized spacial score (nSPS) is 16.6. The Kier molecular flexibility index (Phi) is 4.65. The molecule has 2 aromatic heterocycles. The lowest BCUT2D eigenvalue weighted by Gasteiger charge is -2.45. The number of nitrogens with one attached hydrogen (secondary N) is 1. The maximum Gasteiger partial charge on any atom is 0.157 e. The van der Waals surface area contributed by atoms with Gasteiger partial charge < -0.3 is 15.3 Å². The first-order valence-corrected chi connectivity index (χ1v) is 9.78. The average Bonchev–Trinajstić information content (AvgIpc) is 2.64. The number of halogens is 1. The van der Waals surface area contributed by atoms with Crippen molar-refractivity contribution in [3.05, 3.63) is 52.6 Å². The molecule has 1 atom stereocenters. The Morgan fingerprint density at radius 2 is 1.86 bits per heavy atom. The topological polar surface area (TPSA) is 74.2 Å². The Labute approximate surface area is 169 Å². The molecule has 152 valence electrons. The van der Waals surface area contributed by atoms with Crippen LogP contribution in [0.2, 0.25) is 0 Å². The number of nitrogens with zero attached hydrogens (tertiary/aromatic N) is 4. The summed E-state index contributed by atoms with van der Waals surface area (Å²) in [6.07, 6.45) is 1.80. The Morgan fingerprint density at radius 1 is 1.14 bits per heavy atom. The van der Waals surface area contributed by atoms with Gasteiger partial charge in [0.15, 0.2) is 5.82 Å². The van der Waals surface area contributed by atoms with Crippen LogP contribution >= 0.6 is 0 Å². The van der Waals surface area contributed by atoms with Crippen molar-refractivity contribution in [3.8, 4) is 0 Å². The van der Waals surface area contributed by atoms with Gasteiger partial charge in [0, 0.05) is 30.1 Å². The van der Waals surface area contributed by atoms with Crippen molar-refractivity contribution < 1.29 is 9.50 Å². The van der Waals surface area contributed by atoms with E-state index >= 15 is 0 Å². The Morgan fingerprint density at radius 3 is 2.55 bits per heavy atom. The number of hydrogen-bond donors (Lipinski definition) is 2. The minimum atomic E-state index is -0.675. The highest BCUT2D eigenvalue weighted by Gasteiger charge is 2.37. The highest BCUT2D eigenvalue weighted by atomic mass is 19.1. The van der Waals surface area contributed by atoms with Crippen molar-refractivity contribution >= 4 is 22.4 Å². The molecule has 0 saturated carbocycles. The van der Waals surface area contributed by atoms with Gasteiger partial charge in [-0.05, 0) is 69.5 Å². The summed E-state index contributed by atoms with van der Waals surface area (Å²) in [5.41, 5.74) is 2.99. The first kappa shape index (κ1) is 19.5. The molecule has 7 heteroatoms. The quantitative estimate of drug-likeness (QED) is 0.699. The highest BCUT2D eigenvalue weighted by Crippen LogP contribution is 2.32. The summed E-state index contributed by atoms with van der Waals surface area (Å²) in [7, 11) is 0. The van der Waals surface area contributed by atoms with Crippen molar-refractivity contribution in [1.82, 2.24) is 15.2 Å². The van der Waals surface area contributed by atoms with Crippen LogP contribution in [0.5, 0.6) is 0 Å². The number of pyridine rings is 1. The molecule has 1 saturated heterocycles. The molecule has 4 rings (SSSR count). The maximum absolute atomic E-state index is 14.0. The predicted octanol–water partition coefficient (Wildman–Crippen LogP) is 3.83. The summed E-state index contributed by atoms with van der Waals surface area (Å²) >= 11 is 0. The monoisotopic (exact) mass is 395 g/mol. The zero-order chi connectivity index (χ0) is 20.9. The molecule has 1 fully saturated rings. The standard InChI is InChI=1S/C22H26FN5O/c1-12-6-16(23)7-17(13(12)2)14(3)25-21-18-8-20(28-10-22(5,29)11-28)24-9-19(18)15(4)26-27-21/h6-9,14,29H,10-11H2,1-5H3,(H,25,27)/t14-/m1/s1. The summed E-state index contributed by atoms with van der Waals surface area (Å²) in [6, 6.07) is 4.95. The molecule has 29 heavy (non-hydrogen) atoms. The van der Waals surface area contributed by atoms with Crippen molar-refractivity contribution in [3.63, 3.8) is 0 Å². The van der Waals surface area contributed by atoms with Gasteiger partial charge in [0.1, 0.15) is 11.6 Å². The fourth-order valence-electron chi connectivity index (χ4n) is 3.95. The van der Waals surface area contributed by atoms with Crippen LogP contribution in [-0.4, -0.2) is 39.0 Å². The zero-order valence-corrected chi connectivity index (χ0v) is 17.4. The fraction of sp³-hybridized carbons (Fsp3) is 0.409. The summed E-state index contributed by atoms with van der Waals surface area (Å²) < 4.78 is 14.0. The molecule has 0 amide bonds. The van der Waals surface area contributed by atoms with Gasteiger partial charge in [-0.3, -0.25) is 0 Å². The van der Waals surface area contributed by atoms with Gasteiger partial charge in [-0.1, -0.05) is 0 Å². The van der Waals surface area contributed by atoms with E-state index in [0.29, 0.717) is 18.9 Å². The van der Waals surface area contributed by atoms with E-state index in [2.05, 4.69) is 20.5 Å². The lowest BCUT2D eigenvalue weighted by Crippen LogP contribution is -2.60. The first-order valence-electron chi connectivity index (χ1n) is 9.78. The number of rotatable bonds is 4. The van der Waals surface area contributed by atoms with Crippen LogP contribution in [0.25, 0.3) is 10.8 Å². The molecule has 1 aromatic carbocycles. The second-order valence-corrected chi connectivity index (χ2v) is 8.38. The summed E-state index contributed by atoms with van der Waals surface area (Å²) in [4.78, 5) is 6.57. The molecular weight excluding hydrogens is 369 g/mol. The van der Waals surface area contributed by atoms with E-state index in [4.69, 9.17) is 0 Å². The molecule has 2 N–H and O–H groups in total. The van der Waals surface area contributed by atoms with Crippen LogP contribution in [0.3, 0.4) is 0 Å². The van der Waals surface area contributed by atoms with Crippen LogP contribution in [0.15, 0.2) is 24.4 Å². The van der Waals surface area contributed by atoms with Gasteiger partial charge in [-0.25, -0.2) is 9.37 Å². The third kappa shape index (κ3) is 3.62. The largest absolute Gasteiger partial charge is 0.386 e. The van der Waals surface area contributed by atoms with E-state index in [0.717, 1.165) is 39.0 Å². The molecular formula is C22H26FN5O. The van der Waals surface area contributed by atoms with Crippen LogP contribution in [0.4, 0.5) is 16.0 Å². The number of fused-ring (bicyclic) bond motifs is 1. The van der Waals surface area contributed by atoms with Crippen molar-refractivity contribution in [2.75, 3.05) is 23.3 Å². The van der Waals surface area contributed by atoms with Gasteiger partial charge >= 0.3 is 0 Å². The summed E-state index contributed by atoms with van der Waals surface area (Å²) in [6.45, 7) is 10.7. The number of hydrogen-bond acceptors (Lipinski definition) is 6. The molecule has 0 unspecified atom stereocenters. The summed E-state index contributed by atoms with van der Waals surface area (Å²) in [5, 5.41) is 23.9. The van der Waals surface area contributed by atoms with Gasteiger partial charge in [0.05, 0.1) is 17.3 Å². The molecule has 0 bridgehead atoms. The predicted molar refractivity (Wildman–Crippen MR) is 113 cm³/mol. The zero-order valence-electron chi connectivity index (χ0n) is 17.4. The van der Waals surface area contributed by atoms with E-state index in [-0.39, 0.29) is 11.9 Å². The van der Waals surface area contributed by atoms with Gasteiger partial charge in [0.2, 0.25) is 0 Å². The lowest BCUT2D eigenvalue weighted by atomic mass is 9.97. The van der Waals surface area contributed by atoms with Crippen LogP contribution in [0, 0.1) is 26.6 Å². The average molecular weight is 395 g/mol. The van der Waals surface area contributed by atoms with Gasteiger partial charge in [0.25, 0.3) is 0 Å². The van der Waals surface area contributed by atoms with E-state index in [1.54, 1.807) is 18.3 Å². The number of β-amino-alcohol motifs (C(OH)–C–C–N with tert-alkyl or cyclic N) is 1. The molecule has 1 aliphatic rings. The molecule has 1 aliphatic heterocycles. The number of aromatic nitrogens is 3. The maximum atomic E-state index is 14.0. The van der Waals surface area contributed by atoms with Crippen LogP contribution < -0.4 is 10.2 Å². The lowest BCUT2D eigenvalue weighted by molar-refractivity contribution is 0.0305. The van der Waals surface area contributed by atoms with Crippen molar-refractivity contribution in [2.24, 2.45) is 0 Å². The Bertz CT molecular complexity index is 1090. The van der Waals surface area contributed by atoms with E-state index < -0.39 is 5.60 Å². The first-order chi connectivity index (χ1) is 13.6. The van der Waals surface area contributed by atoms with Gasteiger partial charge in [-0.15, -0.1) is 5.10 Å². The van der Waals surface area contributed by atoms with Gasteiger partial charge in [-0.2, -0.15) is 5.10 Å². The van der Waals surface area contributed by atoms with E-state index in [1.165, 1.54) is 0 Å². The van der Waals surface area contributed by atoms with Crippen molar-refractivity contribution in [1.29, 1.82) is 0 Å². The third-order valence-corrected chi connectivity index (χ3v) is 5.71. The minimum Gasteiger partial charge on any atom is -0.386 e. The number of benzene rings is 1. The molecule has 0 spiro atoms. The number of aliphatic hydroxyl groups is 1. The molecule has 0 radical (unpaired) electrons. The SMILES string of the molecule is Cc1cc(F)cc([C@@H](C)Nc2nnc(C)c3cnc(N4CC(C)(O)C4)cc23)c1C. The van der Waals surface area contributed by atoms with Crippen LogP contribution in [0.1, 0.15) is 42.3 Å². The second-order valence-electron chi connectivity index (χ2n) is 8.38. The molecule has 3 heterocycles. The Balaban J connectivity index is 1.71. The number of aryl methyl sites for hydroxylation is 2. The van der Waals surface area contributed by atoms with Crippen molar-refractivity contribution in [2.45, 2.75) is 46.3 Å². The minimum absolute atomic E-state index is 0.147. The Hall–Kier alpha value is -2.80. The summed E-state index contributed by atoms with van der Waals surface area (Å²) in [5.74, 6) is 1.19. The molecule has 0 aliphatic carbocycles. The smallest absolute Gasteiger partial charge is 0.157 e. The molecule has 3 aromatic rings. The van der Waals surface area contributed by atoms with Crippen LogP contribution in [-0.2, 0) is 0 Å². The fourth-order valence-corrected chi connectivity index (χ4v) is 3.95. The highest BCUT2D eigenvalue weighted by molar-refractivity contribution is 5.94. The number of anilines is 2. The second kappa shape index (κ2) is 6.91. The van der Waals surface area contributed by atoms with E-state index in [9.17, 15) is 9.50 Å². The van der Waals surface area contributed by atoms with E-state index in [1.807, 2.05) is 45.6 Å².